The molecular formula is C16H18N2O4S2. The maximum Gasteiger partial charge on any atom is 0.326 e. The van der Waals surface area contributed by atoms with E-state index in [0.717, 1.165) is 5.56 Å². The molecule has 0 spiro atoms. The highest BCUT2D eigenvalue weighted by Crippen LogP contribution is 2.48. The molecule has 2 N–H and O–H groups in total. The Bertz CT molecular complexity index is 682. The molecule has 2 heterocycles. The summed E-state index contributed by atoms with van der Waals surface area (Å²) in [5, 5.41) is 11.7. The molecule has 0 saturated carbocycles. The second-order valence-electron chi connectivity index (χ2n) is 5.68. The molecule has 0 bridgehead atoms. The maximum absolute atomic E-state index is 12.6. The lowest BCUT2D eigenvalue weighted by atomic mass is 10.1. The van der Waals surface area contributed by atoms with Crippen molar-refractivity contribution in [3.63, 3.8) is 0 Å². The first-order valence-corrected chi connectivity index (χ1v) is 10.0. The van der Waals surface area contributed by atoms with Crippen molar-refractivity contribution in [2.45, 2.75) is 23.9 Å². The van der Waals surface area contributed by atoms with E-state index < -0.39 is 18.1 Å². The molecule has 3 atom stereocenters. The molecular weight excluding hydrogens is 348 g/mol. The van der Waals surface area contributed by atoms with E-state index in [2.05, 4.69) is 5.32 Å². The molecule has 1 unspecified atom stereocenters. The van der Waals surface area contributed by atoms with Crippen LogP contribution in [0.3, 0.4) is 0 Å². The number of hydrogen-bond acceptors (Lipinski definition) is 5. The van der Waals surface area contributed by atoms with Crippen LogP contribution in [0.4, 0.5) is 0 Å². The van der Waals surface area contributed by atoms with Crippen LogP contribution in [0, 0.1) is 0 Å². The lowest BCUT2D eigenvalue weighted by molar-refractivity contribution is -0.142. The van der Waals surface area contributed by atoms with Crippen LogP contribution >= 0.6 is 23.5 Å². The zero-order valence-electron chi connectivity index (χ0n) is 13.1. The van der Waals surface area contributed by atoms with Gasteiger partial charge in [-0.05, 0) is 30.1 Å². The Labute approximate surface area is 148 Å². The summed E-state index contributed by atoms with van der Waals surface area (Å²) >= 11 is 3.07. The summed E-state index contributed by atoms with van der Waals surface area (Å²) in [6.45, 7) is 0. The zero-order valence-corrected chi connectivity index (χ0v) is 14.7. The first-order chi connectivity index (χ1) is 11.5. The first-order valence-electron chi connectivity index (χ1n) is 7.60. The molecule has 128 valence electrons. The molecule has 0 aromatic heterocycles. The highest BCUT2D eigenvalue weighted by molar-refractivity contribution is 7.99. The van der Waals surface area contributed by atoms with Gasteiger partial charge in [-0.15, -0.1) is 11.8 Å². The van der Waals surface area contributed by atoms with Crippen molar-refractivity contribution >= 4 is 41.3 Å². The van der Waals surface area contributed by atoms with Crippen molar-refractivity contribution < 1.29 is 19.5 Å². The molecule has 2 aliphatic heterocycles. The minimum Gasteiger partial charge on any atom is -0.480 e. The molecule has 2 amide bonds. The number of nitrogens with one attached hydrogen (secondary N) is 1. The topological polar surface area (TPSA) is 86.7 Å². The summed E-state index contributed by atoms with van der Waals surface area (Å²) in [6.07, 6.45) is 2.25. The highest BCUT2D eigenvalue weighted by Gasteiger charge is 2.48. The van der Waals surface area contributed by atoms with Gasteiger partial charge in [0.1, 0.15) is 17.5 Å². The second-order valence-corrected chi connectivity index (χ2v) is 7.78. The third kappa shape index (κ3) is 3.00. The van der Waals surface area contributed by atoms with Gasteiger partial charge in [-0.1, -0.05) is 18.2 Å². The number of carboxylic acids is 1. The summed E-state index contributed by atoms with van der Waals surface area (Å²) < 4.78 is 0. The van der Waals surface area contributed by atoms with Crippen LogP contribution in [0.1, 0.15) is 27.7 Å². The number of amides is 2. The van der Waals surface area contributed by atoms with Gasteiger partial charge in [-0.3, -0.25) is 9.59 Å². The van der Waals surface area contributed by atoms with E-state index in [9.17, 15) is 19.5 Å². The number of carbonyl (C=O) groups is 3. The van der Waals surface area contributed by atoms with Gasteiger partial charge < -0.3 is 15.3 Å². The van der Waals surface area contributed by atoms with Gasteiger partial charge in [0.2, 0.25) is 5.91 Å². The van der Waals surface area contributed by atoms with E-state index in [0.29, 0.717) is 23.5 Å². The van der Waals surface area contributed by atoms with Crippen LogP contribution in [0.5, 0.6) is 0 Å². The van der Waals surface area contributed by atoms with Gasteiger partial charge >= 0.3 is 5.97 Å². The second kappa shape index (κ2) is 7.06. The molecule has 2 aliphatic rings. The van der Waals surface area contributed by atoms with Crippen LogP contribution in [0.15, 0.2) is 24.3 Å². The molecule has 1 aromatic carbocycles. The van der Waals surface area contributed by atoms with Gasteiger partial charge in [0.25, 0.3) is 5.91 Å². The minimum atomic E-state index is -1.05. The van der Waals surface area contributed by atoms with Crippen molar-refractivity contribution in [2.24, 2.45) is 0 Å². The fourth-order valence-electron chi connectivity index (χ4n) is 3.00. The number of rotatable bonds is 6. The molecule has 1 saturated heterocycles. The van der Waals surface area contributed by atoms with Crippen molar-refractivity contribution in [3.05, 3.63) is 35.4 Å². The van der Waals surface area contributed by atoms with Gasteiger partial charge in [-0.25, -0.2) is 4.79 Å². The molecule has 6 nitrogen and oxygen atoms in total. The fraction of sp³-hybridized carbons (Fsp3) is 0.438. The number of nitrogens with zero attached hydrogens (tertiary/aromatic N) is 1. The van der Waals surface area contributed by atoms with E-state index in [4.69, 9.17) is 0 Å². The van der Waals surface area contributed by atoms with Crippen LogP contribution in [-0.4, -0.2) is 57.6 Å². The molecule has 3 rings (SSSR count). The summed E-state index contributed by atoms with van der Waals surface area (Å²) in [4.78, 5) is 38.1. The lowest BCUT2D eigenvalue weighted by Gasteiger charge is -2.24. The van der Waals surface area contributed by atoms with Crippen LogP contribution < -0.4 is 5.32 Å². The van der Waals surface area contributed by atoms with Crippen LogP contribution in [-0.2, 0) is 9.59 Å². The monoisotopic (exact) mass is 366 g/mol. The number of carbonyl (C=O) groups excluding carboxylic acids is 2. The molecule has 1 fully saturated rings. The van der Waals surface area contributed by atoms with E-state index in [1.807, 2.05) is 24.5 Å². The van der Waals surface area contributed by atoms with E-state index >= 15 is 0 Å². The largest absolute Gasteiger partial charge is 0.480 e. The standard InChI is InChI=1S/C16H18N2O4S2/c1-23-7-6-11(16(21)22)17-13(19)12-8-24-15-10-5-3-2-4-9(10)14(20)18(12)15/h2-5,11-12,15H,6-8H2,1H3,(H,17,19)(H,21,22)/t11-,12-,15?/m0/s1. The van der Waals surface area contributed by atoms with Gasteiger partial charge in [0, 0.05) is 11.3 Å². The normalized spacial score (nSPS) is 22.9. The molecule has 8 heteroatoms. The predicted molar refractivity (Wildman–Crippen MR) is 94.2 cm³/mol. The van der Waals surface area contributed by atoms with Crippen molar-refractivity contribution in [1.29, 1.82) is 0 Å². The van der Waals surface area contributed by atoms with Crippen molar-refractivity contribution in [2.75, 3.05) is 17.8 Å². The SMILES string of the molecule is CSCC[C@H](NC(=O)[C@@H]1CSC2c3ccccc3C(=O)N21)C(=O)O. The Kier molecular flexibility index (Phi) is 5.05. The Hall–Kier alpha value is -1.67. The lowest BCUT2D eigenvalue weighted by Crippen LogP contribution is -2.51. The summed E-state index contributed by atoms with van der Waals surface area (Å²) in [6, 6.07) is 5.81. The number of hydrogen-bond donors (Lipinski definition) is 2. The number of thioether (sulfide) groups is 2. The summed E-state index contributed by atoms with van der Waals surface area (Å²) in [5.41, 5.74) is 1.56. The Morgan fingerprint density at radius 2 is 2.21 bits per heavy atom. The van der Waals surface area contributed by atoms with Gasteiger partial charge in [0.05, 0.1) is 0 Å². The molecule has 0 aliphatic carbocycles. The van der Waals surface area contributed by atoms with Crippen molar-refractivity contribution in [3.8, 4) is 0 Å². The van der Waals surface area contributed by atoms with Crippen LogP contribution in [0.25, 0.3) is 0 Å². The maximum atomic E-state index is 12.6. The average Bonchev–Trinajstić information content (AvgIpc) is 3.12. The van der Waals surface area contributed by atoms with Gasteiger partial charge in [0.15, 0.2) is 0 Å². The van der Waals surface area contributed by atoms with Crippen LogP contribution in [0.2, 0.25) is 0 Å². The third-order valence-corrected chi connectivity index (χ3v) is 6.17. The average molecular weight is 366 g/mol. The Balaban J connectivity index is 1.74. The third-order valence-electron chi connectivity index (χ3n) is 4.22. The highest BCUT2D eigenvalue weighted by atomic mass is 32.2. The van der Waals surface area contributed by atoms with E-state index in [1.54, 1.807) is 22.7 Å². The smallest absolute Gasteiger partial charge is 0.326 e. The number of benzene rings is 1. The summed E-state index contributed by atoms with van der Waals surface area (Å²) in [7, 11) is 0. The Morgan fingerprint density at radius 3 is 2.92 bits per heavy atom. The molecule has 1 aromatic rings. The van der Waals surface area contributed by atoms with Crippen molar-refractivity contribution in [1.82, 2.24) is 10.2 Å². The first kappa shape index (κ1) is 17.2. The minimum absolute atomic E-state index is 0.154. The van der Waals surface area contributed by atoms with E-state index in [1.165, 1.54) is 11.8 Å². The molecule has 0 radical (unpaired) electrons. The van der Waals surface area contributed by atoms with Gasteiger partial charge in [-0.2, -0.15) is 11.8 Å². The van der Waals surface area contributed by atoms with E-state index in [-0.39, 0.29) is 17.2 Å². The summed E-state index contributed by atoms with van der Waals surface area (Å²) in [5.74, 6) is -0.467. The Morgan fingerprint density at radius 1 is 1.46 bits per heavy atom. The predicted octanol–water partition coefficient (Wildman–Crippen LogP) is 1.58. The molecule has 24 heavy (non-hydrogen) atoms. The number of fused-ring (bicyclic) bond motifs is 3. The quantitative estimate of drug-likeness (QED) is 0.795. The fourth-order valence-corrected chi connectivity index (χ4v) is 4.94. The zero-order chi connectivity index (χ0) is 17.3. The number of carboxylic acid groups (broad SMARTS) is 1. The number of aliphatic carboxylic acids is 1.